The summed E-state index contributed by atoms with van der Waals surface area (Å²) in [6.07, 6.45) is 7.95. The molecule has 2 heterocycles. The van der Waals surface area contributed by atoms with Gasteiger partial charge in [-0.15, -0.1) is 0 Å². The number of piperidine rings is 1. The maximum atomic E-state index is 10.5. The van der Waals surface area contributed by atoms with Crippen LogP contribution in [0.3, 0.4) is 0 Å². The topological polar surface area (TPSA) is 30.0 Å². The normalized spacial score (nSPS) is 22.0. The molecular formula is C23H39N3O. The van der Waals surface area contributed by atoms with E-state index in [1.807, 2.05) is 0 Å². The zero-order chi connectivity index (χ0) is 18.9. The molecule has 4 heteroatoms. The van der Waals surface area contributed by atoms with Crippen LogP contribution in [0.5, 0.6) is 0 Å². The molecule has 1 aromatic carbocycles. The Balaban J connectivity index is 1.32. The number of aliphatic hydroxyl groups is 1. The second-order valence-electron chi connectivity index (χ2n) is 8.79. The molecule has 0 amide bonds. The van der Waals surface area contributed by atoms with Gasteiger partial charge in [0.15, 0.2) is 0 Å². The van der Waals surface area contributed by atoms with Gasteiger partial charge in [0.05, 0.1) is 6.10 Å². The van der Waals surface area contributed by atoms with E-state index < -0.39 is 0 Å². The largest absolute Gasteiger partial charge is 0.390 e. The first-order chi connectivity index (χ1) is 13.2. The lowest BCUT2D eigenvalue weighted by molar-refractivity contribution is 0.0602. The molecule has 1 atom stereocenters. The van der Waals surface area contributed by atoms with Gasteiger partial charge in [-0.1, -0.05) is 43.2 Å². The second kappa shape index (κ2) is 11.2. The highest BCUT2D eigenvalue weighted by atomic mass is 16.3. The van der Waals surface area contributed by atoms with Crippen molar-refractivity contribution in [2.75, 3.05) is 52.9 Å². The molecule has 2 saturated heterocycles. The maximum absolute atomic E-state index is 10.5. The van der Waals surface area contributed by atoms with E-state index in [2.05, 4.69) is 52.1 Å². The van der Waals surface area contributed by atoms with Crippen molar-refractivity contribution in [3.05, 3.63) is 35.9 Å². The Morgan fingerprint density at radius 2 is 1.63 bits per heavy atom. The first-order valence-corrected chi connectivity index (χ1v) is 11.0. The Bertz CT molecular complexity index is 508. The molecule has 0 aliphatic carbocycles. The van der Waals surface area contributed by atoms with Crippen LogP contribution in [0.2, 0.25) is 0 Å². The number of likely N-dealkylation sites (N-methyl/N-ethyl adjacent to an activating group) is 1. The highest BCUT2D eigenvalue weighted by Gasteiger charge is 2.23. The zero-order valence-electron chi connectivity index (χ0n) is 17.2. The van der Waals surface area contributed by atoms with Crippen LogP contribution < -0.4 is 0 Å². The number of benzene rings is 1. The monoisotopic (exact) mass is 373 g/mol. The summed E-state index contributed by atoms with van der Waals surface area (Å²) in [5.41, 5.74) is 1.31. The van der Waals surface area contributed by atoms with Crippen LogP contribution in [0.4, 0.5) is 0 Å². The third-order valence-corrected chi connectivity index (χ3v) is 6.21. The first-order valence-electron chi connectivity index (χ1n) is 11.0. The van der Waals surface area contributed by atoms with Crippen LogP contribution in [0.15, 0.2) is 30.3 Å². The summed E-state index contributed by atoms with van der Waals surface area (Å²) in [5, 5.41) is 10.5. The molecule has 0 aromatic heterocycles. The van der Waals surface area contributed by atoms with Crippen molar-refractivity contribution in [2.24, 2.45) is 5.92 Å². The number of nitrogens with zero attached hydrogens (tertiary/aromatic N) is 3. The molecule has 1 N–H and O–H groups in total. The first kappa shape index (κ1) is 20.8. The average molecular weight is 374 g/mol. The lowest BCUT2D eigenvalue weighted by Crippen LogP contribution is -2.44. The van der Waals surface area contributed by atoms with E-state index in [-0.39, 0.29) is 6.10 Å². The van der Waals surface area contributed by atoms with E-state index in [0.717, 1.165) is 38.6 Å². The predicted octanol–water partition coefficient (Wildman–Crippen LogP) is 3.07. The predicted molar refractivity (Wildman–Crippen MR) is 113 cm³/mol. The fraction of sp³-hybridized carbons (Fsp3) is 0.739. The Hall–Kier alpha value is -0.940. The lowest BCUT2D eigenvalue weighted by atomic mass is 9.96. The molecule has 0 spiro atoms. The summed E-state index contributed by atoms with van der Waals surface area (Å²) < 4.78 is 0. The molecule has 1 aromatic rings. The third kappa shape index (κ3) is 7.53. The molecule has 3 rings (SSSR count). The summed E-state index contributed by atoms with van der Waals surface area (Å²) >= 11 is 0. The fourth-order valence-electron chi connectivity index (χ4n) is 4.71. The van der Waals surface area contributed by atoms with E-state index >= 15 is 0 Å². The Morgan fingerprint density at radius 3 is 2.30 bits per heavy atom. The maximum Gasteiger partial charge on any atom is 0.0793 e. The third-order valence-electron chi connectivity index (χ3n) is 6.21. The Labute approximate surface area is 166 Å². The van der Waals surface area contributed by atoms with Gasteiger partial charge in [0.1, 0.15) is 0 Å². The van der Waals surface area contributed by atoms with Crippen LogP contribution in [-0.4, -0.2) is 78.8 Å². The van der Waals surface area contributed by atoms with Crippen molar-refractivity contribution in [1.29, 1.82) is 0 Å². The van der Waals surface area contributed by atoms with Gasteiger partial charge in [-0.2, -0.15) is 0 Å². The van der Waals surface area contributed by atoms with Crippen molar-refractivity contribution in [3.8, 4) is 0 Å². The zero-order valence-corrected chi connectivity index (χ0v) is 17.2. The van der Waals surface area contributed by atoms with Gasteiger partial charge >= 0.3 is 0 Å². The van der Waals surface area contributed by atoms with Crippen molar-refractivity contribution in [1.82, 2.24) is 14.7 Å². The molecule has 0 bridgehead atoms. The standard InChI is InChI=1S/C23H39N3O/c1-24(17-21-9-5-4-6-10-21)19-23(27)20-26-15-11-22(12-16-26)18-25-13-7-2-3-8-14-25/h4-6,9-10,22-23,27H,2-3,7-8,11-20H2,1H3. The van der Waals surface area contributed by atoms with E-state index in [4.69, 9.17) is 0 Å². The van der Waals surface area contributed by atoms with Gasteiger partial charge < -0.3 is 14.9 Å². The SMILES string of the molecule is CN(Cc1ccccc1)CC(O)CN1CCC(CN2CCCCCC2)CC1. The van der Waals surface area contributed by atoms with Crippen molar-refractivity contribution >= 4 is 0 Å². The minimum atomic E-state index is -0.263. The minimum Gasteiger partial charge on any atom is -0.390 e. The van der Waals surface area contributed by atoms with E-state index in [0.29, 0.717) is 0 Å². The Kier molecular flexibility index (Phi) is 8.59. The number of likely N-dealkylation sites (tertiary alicyclic amines) is 2. The minimum absolute atomic E-state index is 0.263. The van der Waals surface area contributed by atoms with Crippen molar-refractivity contribution < 1.29 is 5.11 Å². The molecule has 4 nitrogen and oxygen atoms in total. The van der Waals surface area contributed by atoms with Gasteiger partial charge in [0.25, 0.3) is 0 Å². The van der Waals surface area contributed by atoms with E-state index in [9.17, 15) is 5.11 Å². The molecule has 2 aliphatic rings. The van der Waals surface area contributed by atoms with Gasteiger partial charge in [0.2, 0.25) is 0 Å². The van der Waals surface area contributed by atoms with Gasteiger partial charge in [-0.25, -0.2) is 0 Å². The molecule has 2 aliphatic heterocycles. The van der Waals surface area contributed by atoms with E-state index in [1.54, 1.807) is 0 Å². The molecule has 152 valence electrons. The van der Waals surface area contributed by atoms with E-state index in [1.165, 1.54) is 63.7 Å². The van der Waals surface area contributed by atoms with Crippen LogP contribution in [0.1, 0.15) is 44.1 Å². The molecule has 27 heavy (non-hydrogen) atoms. The Morgan fingerprint density at radius 1 is 0.963 bits per heavy atom. The number of hydrogen-bond acceptors (Lipinski definition) is 4. The summed E-state index contributed by atoms with van der Waals surface area (Å²) in [6, 6.07) is 10.5. The smallest absolute Gasteiger partial charge is 0.0793 e. The van der Waals surface area contributed by atoms with Crippen LogP contribution in [-0.2, 0) is 6.54 Å². The highest BCUT2D eigenvalue weighted by Crippen LogP contribution is 2.20. The van der Waals surface area contributed by atoms with Gasteiger partial charge in [-0.05, 0) is 70.4 Å². The van der Waals surface area contributed by atoms with Crippen LogP contribution in [0, 0.1) is 5.92 Å². The molecule has 1 unspecified atom stereocenters. The quantitative estimate of drug-likeness (QED) is 0.758. The average Bonchev–Trinajstić information content (AvgIpc) is 2.92. The summed E-state index contributed by atoms with van der Waals surface area (Å²) in [4.78, 5) is 7.41. The fourth-order valence-corrected chi connectivity index (χ4v) is 4.71. The lowest BCUT2D eigenvalue weighted by Gasteiger charge is -2.36. The molecular weight excluding hydrogens is 334 g/mol. The van der Waals surface area contributed by atoms with Gasteiger partial charge in [0, 0.05) is 26.2 Å². The van der Waals surface area contributed by atoms with Crippen LogP contribution >= 0.6 is 0 Å². The van der Waals surface area contributed by atoms with Crippen molar-refractivity contribution in [2.45, 2.75) is 51.2 Å². The number of aliphatic hydroxyl groups excluding tert-OH is 1. The number of rotatable bonds is 8. The molecule has 0 saturated carbocycles. The summed E-state index contributed by atoms with van der Waals surface area (Å²) in [6.45, 7) is 8.68. The van der Waals surface area contributed by atoms with Crippen LogP contribution in [0.25, 0.3) is 0 Å². The molecule has 2 fully saturated rings. The number of hydrogen-bond donors (Lipinski definition) is 1. The highest BCUT2D eigenvalue weighted by molar-refractivity contribution is 5.14. The van der Waals surface area contributed by atoms with Gasteiger partial charge in [-0.3, -0.25) is 4.90 Å². The number of β-amino-alcohol motifs (C(OH)–C–C–N with tert-alkyl or cyclic N) is 1. The molecule has 0 radical (unpaired) electrons. The summed E-state index contributed by atoms with van der Waals surface area (Å²) in [7, 11) is 2.10. The summed E-state index contributed by atoms with van der Waals surface area (Å²) in [5.74, 6) is 0.859. The van der Waals surface area contributed by atoms with Crippen molar-refractivity contribution in [3.63, 3.8) is 0 Å². The second-order valence-corrected chi connectivity index (χ2v) is 8.79.